The van der Waals surface area contributed by atoms with E-state index in [0.29, 0.717) is 3.57 Å². The second-order valence-electron chi connectivity index (χ2n) is 2.47. The van der Waals surface area contributed by atoms with Crippen molar-refractivity contribution in [3.05, 3.63) is 32.1 Å². The molecule has 76 valence electrons. The van der Waals surface area contributed by atoms with Gasteiger partial charge in [0.25, 0.3) is 0 Å². The van der Waals surface area contributed by atoms with Gasteiger partial charge in [-0.3, -0.25) is 0 Å². The lowest BCUT2D eigenvalue weighted by Gasteiger charge is -2.04. The molecule has 1 rings (SSSR count). The number of carbonyl (C=O) groups excluding carboxylic acids is 1. The Bertz CT molecular complexity index is 368. The zero-order valence-corrected chi connectivity index (χ0v) is 10.2. The van der Waals surface area contributed by atoms with Gasteiger partial charge in [0.05, 0.1) is 17.2 Å². The van der Waals surface area contributed by atoms with E-state index in [2.05, 4.69) is 4.74 Å². The summed E-state index contributed by atoms with van der Waals surface area (Å²) in [5.74, 6) is -1.42. The average Bonchev–Trinajstić information content (AvgIpc) is 2.11. The minimum absolute atomic E-state index is 0.0695. The van der Waals surface area contributed by atoms with Crippen molar-refractivity contribution in [1.82, 2.24) is 0 Å². The fourth-order valence-electron chi connectivity index (χ4n) is 0.913. The van der Waals surface area contributed by atoms with Gasteiger partial charge in [0.2, 0.25) is 0 Å². The molecule has 0 aliphatic carbocycles. The van der Waals surface area contributed by atoms with Crippen molar-refractivity contribution < 1.29 is 13.9 Å². The third-order valence-electron chi connectivity index (χ3n) is 1.49. The van der Waals surface area contributed by atoms with E-state index in [0.717, 1.165) is 0 Å². The zero-order valence-electron chi connectivity index (χ0n) is 7.31. The number of rotatable bonds is 2. The van der Waals surface area contributed by atoms with Crippen molar-refractivity contribution in [3.8, 4) is 0 Å². The third-order valence-corrected chi connectivity index (χ3v) is 2.39. The van der Waals surface area contributed by atoms with Crippen molar-refractivity contribution >= 4 is 40.2 Å². The molecule has 0 bridgehead atoms. The molecule has 0 heterocycles. The minimum Gasteiger partial charge on any atom is -0.462 e. The molecule has 1 aromatic rings. The lowest BCUT2D eigenvalue weighted by molar-refractivity contribution is 0.0521. The lowest BCUT2D eigenvalue weighted by atomic mass is 10.2. The first kappa shape index (κ1) is 11.7. The van der Waals surface area contributed by atoms with Crippen LogP contribution in [0.25, 0.3) is 0 Å². The minimum atomic E-state index is -0.731. The van der Waals surface area contributed by atoms with E-state index in [1.807, 2.05) is 22.6 Å². The van der Waals surface area contributed by atoms with Gasteiger partial charge in [-0.25, -0.2) is 9.18 Å². The smallest absolute Gasteiger partial charge is 0.341 e. The third kappa shape index (κ3) is 2.57. The van der Waals surface area contributed by atoms with Crippen LogP contribution < -0.4 is 0 Å². The summed E-state index contributed by atoms with van der Waals surface area (Å²) in [4.78, 5) is 11.2. The van der Waals surface area contributed by atoms with E-state index in [1.54, 1.807) is 6.92 Å². The molecule has 0 radical (unpaired) electrons. The van der Waals surface area contributed by atoms with Gasteiger partial charge in [-0.2, -0.15) is 0 Å². The van der Waals surface area contributed by atoms with Gasteiger partial charge < -0.3 is 4.74 Å². The van der Waals surface area contributed by atoms with Crippen molar-refractivity contribution in [2.45, 2.75) is 6.92 Å². The van der Waals surface area contributed by atoms with Gasteiger partial charge in [-0.05, 0) is 41.6 Å². The number of carbonyl (C=O) groups is 1. The molecule has 2 nitrogen and oxygen atoms in total. The van der Waals surface area contributed by atoms with Crippen LogP contribution in [0.2, 0.25) is 5.02 Å². The highest BCUT2D eigenvalue weighted by Crippen LogP contribution is 2.22. The summed E-state index contributed by atoms with van der Waals surface area (Å²) in [6.07, 6.45) is 0. The van der Waals surface area contributed by atoms with Crippen LogP contribution in [0.4, 0.5) is 4.39 Å². The Labute approximate surface area is 99.5 Å². The Hall–Kier alpha value is -0.360. The maximum atomic E-state index is 13.3. The second-order valence-corrected chi connectivity index (χ2v) is 4.12. The van der Waals surface area contributed by atoms with Crippen LogP contribution in [0.5, 0.6) is 0 Å². The monoisotopic (exact) mass is 328 g/mol. The lowest BCUT2D eigenvalue weighted by Crippen LogP contribution is -2.07. The number of benzene rings is 1. The number of ether oxygens (including phenoxy) is 1. The first-order chi connectivity index (χ1) is 6.56. The molecule has 0 fully saturated rings. The molecule has 1 aromatic carbocycles. The van der Waals surface area contributed by atoms with Crippen molar-refractivity contribution in [2.75, 3.05) is 6.61 Å². The molecule has 0 spiro atoms. The summed E-state index contributed by atoms with van der Waals surface area (Å²) >= 11 is 7.53. The number of hydrogen-bond donors (Lipinski definition) is 0. The SMILES string of the molecule is CCOC(=O)c1cc(I)cc(Cl)c1F. The summed E-state index contributed by atoms with van der Waals surface area (Å²) in [6, 6.07) is 2.85. The molecule has 14 heavy (non-hydrogen) atoms. The quantitative estimate of drug-likeness (QED) is 0.473. The molecule has 0 saturated carbocycles. The summed E-state index contributed by atoms with van der Waals surface area (Å²) in [7, 11) is 0. The van der Waals surface area contributed by atoms with Crippen LogP contribution in [0.3, 0.4) is 0 Å². The van der Waals surface area contributed by atoms with Crippen LogP contribution in [0, 0.1) is 9.39 Å². The van der Waals surface area contributed by atoms with Gasteiger partial charge in [-0.1, -0.05) is 11.6 Å². The largest absolute Gasteiger partial charge is 0.462 e. The molecule has 5 heteroatoms. The molecule has 0 saturated heterocycles. The highest BCUT2D eigenvalue weighted by molar-refractivity contribution is 14.1. The van der Waals surface area contributed by atoms with Gasteiger partial charge >= 0.3 is 5.97 Å². The molecule has 0 aliphatic heterocycles. The first-order valence-corrected chi connectivity index (χ1v) is 5.33. The average molecular weight is 329 g/mol. The van der Waals surface area contributed by atoms with Crippen molar-refractivity contribution in [1.29, 1.82) is 0 Å². The van der Waals surface area contributed by atoms with Crippen molar-refractivity contribution in [3.63, 3.8) is 0 Å². The Morgan fingerprint density at radius 1 is 1.64 bits per heavy atom. The molecule has 0 N–H and O–H groups in total. The highest BCUT2D eigenvalue weighted by atomic mass is 127. The molecule has 0 aliphatic rings. The van der Waals surface area contributed by atoms with Crippen LogP contribution in [-0.4, -0.2) is 12.6 Å². The van der Waals surface area contributed by atoms with Crippen LogP contribution in [-0.2, 0) is 4.74 Å². The van der Waals surface area contributed by atoms with E-state index in [9.17, 15) is 9.18 Å². The summed E-state index contributed by atoms with van der Waals surface area (Å²) < 4.78 is 18.7. The van der Waals surface area contributed by atoms with E-state index < -0.39 is 11.8 Å². The van der Waals surface area contributed by atoms with Gasteiger partial charge in [0, 0.05) is 3.57 Å². The predicted octanol–water partition coefficient (Wildman–Crippen LogP) is 3.26. The summed E-state index contributed by atoms with van der Waals surface area (Å²) in [6.45, 7) is 1.87. The summed E-state index contributed by atoms with van der Waals surface area (Å²) in [5.41, 5.74) is -0.122. The van der Waals surface area contributed by atoms with Gasteiger partial charge in [0.1, 0.15) is 0 Å². The Morgan fingerprint density at radius 2 is 2.29 bits per heavy atom. The van der Waals surface area contributed by atoms with Crippen molar-refractivity contribution in [2.24, 2.45) is 0 Å². The first-order valence-electron chi connectivity index (χ1n) is 3.88. The fraction of sp³-hybridized carbons (Fsp3) is 0.222. The second kappa shape index (κ2) is 4.93. The standard InChI is InChI=1S/C9H7ClFIO2/c1-2-14-9(13)6-3-5(12)4-7(10)8(6)11/h3-4H,2H2,1H3. The van der Waals surface area contributed by atoms with Gasteiger partial charge in [0.15, 0.2) is 5.82 Å². The topological polar surface area (TPSA) is 26.3 Å². The molecule has 0 aromatic heterocycles. The van der Waals surface area contributed by atoms with Gasteiger partial charge in [-0.15, -0.1) is 0 Å². The van der Waals surface area contributed by atoms with E-state index in [1.165, 1.54) is 12.1 Å². The Kier molecular flexibility index (Phi) is 4.12. The van der Waals surface area contributed by atoms with E-state index >= 15 is 0 Å². The normalized spacial score (nSPS) is 10.0. The maximum absolute atomic E-state index is 13.3. The number of esters is 1. The molecular weight excluding hydrogens is 321 g/mol. The molecular formula is C9H7ClFIO2. The Balaban J connectivity index is 3.13. The van der Waals surface area contributed by atoms with E-state index in [4.69, 9.17) is 11.6 Å². The predicted molar refractivity (Wildman–Crippen MR) is 60.1 cm³/mol. The highest BCUT2D eigenvalue weighted by Gasteiger charge is 2.16. The summed E-state index contributed by atoms with van der Waals surface area (Å²) in [5, 5.41) is -0.0695. The maximum Gasteiger partial charge on any atom is 0.341 e. The fourth-order valence-corrected chi connectivity index (χ4v) is 1.94. The number of halogens is 3. The molecule has 0 unspecified atom stereocenters. The van der Waals surface area contributed by atoms with Crippen LogP contribution in [0.15, 0.2) is 12.1 Å². The van der Waals surface area contributed by atoms with Crippen LogP contribution in [0.1, 0.15) is 17.3 Å². The molecule has 0 atom stereocenters. The Morgan fingerprint density at radius 3 is 2.86 bits per heavy atom. The van der Waals surface area contributed by atoms with Crippen LogP contribution >= 0.6 is 34.2 Å². The molecule has 0 amide bonds. The van der Waals surface area contributed by atoms with E-state index in [-0.39, 0.29) is 17.2 Å². The number of hydrogen-bond acceptors (Lipinski definition) is 2. The zero-order chi connectivity index (χ0) is 10.7.